The molecule has 3 heterocycles. The number of benzene rings is 1. The van der Waals surface area contributed by atoms with Gasteiger partial charge in [0.05, 0.1) is 34.3 Å². The van der Waals surface area contributed by atoms with Crippen molar-refractivity contribution in [1.82, 2.24) is 19.7 Å². The van der Waals surface area contributed by atoms with Crippen LogP contribution in [0, 0.1) is 0 Å². The highest BCUT2D eigenvalue weighted by Crippen LogP contribution is 2.29. The minimum Gasteiger partial charge on any atom is -0.389 e. The Labute approximate surface area is 188 Å². The molecule has 0 fully saturated rings. The van der Waals surface area contributed by atoms with Gasteiger partial charge in [-0.2, -0.15) is 5.10 Å². The summed E-state index contributed by atoms with van der Waals surface area (Å²) < 4.78 is 1.77. The third-order valence-electron chi connectivity index (χ3n) is 4.97. The van der Waals surface area contributed by atoms with E-state index in [2.05, 4.69) is 20.5 Å². The summed E-state index contributed by atoms with van der Waals surface area (Å²) in [6.45, 7) is 5.10. The van der Waals surface area contributed by atoms with Crippen molar-refractivity contribution in [3.63, 3.8) is 0 Å². The molecule has 2 amide bonds. The lowest BCUT2D eigenvalue weighted by Crippen LogP contribution is -2.27. The molecule has 0 saturated heterocycles. The first-order chi connectivity index (χ1) is 15.1. The molecule has 10 heteroatoms. The summed E-state index contributed by atoms with van der Waals surface area (Å²) in [5.74, 6) is -0.0638. The van der Waals surface area contributed by atoms with Crippen LogP contribution in [-0.4, -0.2) is 49.3 Å². The molecule has 1 aromatic carbocycles. The third-order valence-corrected chi connectivity index (χ3v) is 6.11. The van der Waals surface area contributed by atoms with Crippen LogP contribution in [0.3, 0.4) is 0 Å². The highest BCUT2D eigenvalue weighted by Gasteiger charge is 2.22. The summed E-state index contributed by atoms with van der Waals surface area (Å²) in [5, 5.41) is 20.0. The minimum atomic E-state index is -1.03. The molecular weight excluding hydrogens is 428 g/mol. The Morgan fingerprint density at radius 2 is 2.06 bits per heavy atom. The number of H-pyrrole nitrogens is 1. The summed E-state index contributed by atoms with van der Waals surface area (Å²) in [4.78, 5) is 32.3. The average molecular weight is 453 g/mol. The number of aromatic nitrogens is 4. The van der Waals surface area contributed by atoms with E-state index in [0.717, 1.165) is 16.0 Å². The molecule has 4 rings (SSSR count). The Hall–Kier alpha value is -3.50. The number of fused-ring (bicyclic) bond motifs is 1. The van der Waals surface area contributed by atoms with Crippen molar-refractivity contribution in [2.24, 2.45) is 0 Å². The number of rotatable bonds is 6. The van der Waals surface area contributed by atoms with Crippen molar-refractivity contribution in [3.05, 3.63) is 47.6 Å². The Morgan fingerprint density at radius 3 is 2.72 bits per heavy atom. The summed E-state index contributed by atoms with van der Waals surface area (Å²) in [6, 6.07) is 9.06. The van der Waals surface area contributed by atoms with Crippen LogP contribution in [0.1, 0.15) is 30.4 Å². The molecular formula is C22H24N6O3S. The topological polar surface area (TPSA) is 116 Å². The van der Waals surface area contributed by atoms with Gasteiger partial charge in [-0.1, -0.05) is 0 Å². The number of amides is 2. The zero-order chi connectivity index (χ0) is 23.0. The highest BCUT2D eigenvalue weighted by molar-refractivity contribution is 7.17. The second-order valence-corrected chi connectivity index (χ2v) is 9.27. The molecule has 4 aromatic rings. The molecule has 0 atom stereocenters. The zero-order valence-electron chi connectivity index (χ0n) is 18.2. The first-order valence-corrected chi connectivity index (χ1v) is 10.8. The molecule has 0 bridgehead atoms. The molecule has 0 unspecified atom stereocenters. The number of carbonyl (C=O) groups excluding carboxylic acids is 2. The van der Waals surface area contributed by atoms with E-state index in [-0.39, 0.29) is 18.4 Å². The zero-order valence-corrected chi connectivity index (χ0v) is 19.0. The number of imidazole rings is 1. The second-order valence-electron chi connectivity index (χ2n) is 8.19. The van der Waals surface area contributed by atoms with Gasteiger partial charge < -0.3 is 14.6 Å². The predicted molar refractivity (Wildman–Crippen MR) is 125 cm³/mol. The summed E-state index contributed by atoms with van der Waals surface area (Å²) in [6.07, 6.45) is 3.47. The first kappa shape index (κ1) is 21.7. The second kappa shape index (κ2) is 8.21. The van der Waals surface area contributed by atoms with Crippen molar-refractivity contribution >= 4 is 45.8 Å². The lowest BCUT2D eigenvalue weighted by Gasteiger charge is -2.20. The van der Waals surface area contributed by atoms with Crippen molar-refractivity contribution in [3.8, 4) is 10.4 Å². The Balaban J connectivity index is 1.69. The Bertz CT molecular complexity index is 1280. The lowest BCUT2D eigenvalue weighted by molar-refractivity contribution is -0.116. The fourth-order valence-electron chi connectivity index (χ4n) is 3.31. The number of nitrogens with one attached hydrogen (secondary N) is 2. The molecule has 0 aliphatic heterocycles. The van der Waals surface area contributed by atoms with E-state index in [0.29, 0.717) is 22.0 Å². The number of anilines is 2. The molecule has 32 heavy (non-hydrogen) atoms. The van der Waals surface area contributed by atoms with Gasteiger partial charge in [0.25, 0.3) is 5.91 Å². The van der Waals surface area contributed by atoms with Gasteiger partial charge in [0.1, 0.15) is 0 Å². The Kier molecular flexibility index (Phi) is 5.57. The van der Waals surface area contributed by atoms with Crippen LogP contribution in [0.5, 0.6) is 0 Å². The number of carbonyl (C=O) groups is 2. The van der Waals surface area contributed by atoms with E-state index in [1.807, 2.05) is 18.2 Å². The molecule has 0 aliphatic carbocycles. The standard InChI is InChI=1S/C22H24N6O3S/c1-13(29)27(4)15-5-6-17-16(9-15)25-21(28(17)12-22(2,3)31)26-20(30)19-8-7-18(32-19)14-10-23-24-11-14/h5-11,31H,12H2,1-4H3,(H,23,24)(H,25,26,30). The average Bonchev–Trinajstić information content (AvgIpc) is 3.46. The van der Waals surface area contributed by atoms with Gasteiger partial charge in [-0.15, -0.1) is 11.3 Å². The summed E-state index contributed by atoms with van der Waals surface area (Å²) in [5.41, 5.74) is 1.93. The number of aliphatic hydroxyl groups is 1. The normalized spacial score (nSPS) is 11.7. The summed E-state index contributed by atoms with van der Waals surface area (Å²) >= 11 is 1.35. The van der Waals surface area contributed by atoms with Gasteiger partial charge in [-0.3, -0.25) is 20.0 Å². The van der Waals surface area contributed by atoms with E-state index in [4.69, 9.17) is 0 Å². The molecule has 0 radical (unpaired) electrons. The van der Waals surface area contributed by atoms with Crippen molar-refractivity contribution < 1.29 is 14.7 Å². The van der Waals surface area contributed by atoms with Crippen molar-refractivity contribution in [1.29, 1.82) is 0 Å². The summed E-state index contributed by atoms with van der Waals surface area (Å²) in [7, 11) is 1.69. The van der Waals surface area contributed by atoms with E-state index in [1.165, 1.54) is 23.2 Å². The number of hydrogen-bond acceptors (Lipinski definition) is 6. The van der Waals surface area contributed by atoms with Crippen LogP contribution >= 0.6 is 11.3 Å². The molecule has 0 saturated carbocycles. The van der Waals surface area contributed by atoms with Gasteiger partial charge in [0.15, 0.2) is 0 Å². The van der Waals surface area contributed by atoms with Crippen LogP contribution in [0.4, 0.5) is 11.6 Å². The van der Waals surface area contributed by atoms with Crippen molar-refractivity contribution in [2.75, 3.05) is 17.3 Å². The van der Waals surface area contributed by atoms with Gasteiger partial charge in [-0.25, -0.2) is 4.98 Å². The number of nitrogens with zero attached hydrogens (tertiary/aromatic N) is 4. The Morgan fingerprint density at radius 1 is 1.28 bits per heavy atom. The van der Waals surface area contributed by atoms with Gasteiger partial charge >= 0.3 is 0 Å². The fraction of sp³-hybridized carbons (Fsp3) is 0.273. The van der Waals surface area contributed by atoms with Crippen LogP contribution in [0.15, 0.2) is 42.7 Å². The van der Waals surface area contributed by atoms with E-state index in [9.17, 15) is 14.7 Å². The van der Waals surface area contributed by atoms with Crippen LogP contribution in [0.2, 0.25) is 0 Å². The minimum absolute atomic E-state index is 0.0973. The first-order valence-electron chi connectivity index (χ1n) is 10.00. The SMILES string of the molecule is CC(=O)N(C)c1ccc2c(c1)nc(NC(=O)c1ccc(-c3cn[nH]c3)s1)n2CC(C)(C)O. The molecule has 0 aliphatic rings. The van der Waals surface area contributed by atoms with Crippen LogP contribution in [-0.2, 0) is 11.3 Å². The monoisotopic (exact) mass is 452 g/mol. The predicted octanol–water partition coefficient (Wildman–Crippen LogP) is 3.49. The van der Waals surface area contributed by atoms with E-state index < -0.39 is 5.60 Å². The molecule has 3 aromatic heterocycles. The molecule has 0 spiro atoms. The third kappa shape index (κ3) is 4.41. The van der Waals surface area contributed by atoms with Gasteiger partial charge in [0.2, 0.25) is 11.9 Å². The fourth-order valence-corrected chi connectivity index (χ4v) is 4.20. The molecule has 166 valence electrons. The number of thiophene rings is 1. The maximum absolute atomic E-state index is 13.0. The maximum atomic E-state index is 13.0. The number of aromatic amines is 1. The van der Waals surface area contributed by atoms with E-state index >= 15 is 0 Å². The quantitative estimate of drug-likeness (QED) is 0.414. The van der Waals surface area contributed by atoms with Gasteiger partial charge in [-0.05, 0) is 44.2 Å². The molecule has 3 N–H and O–H groups in total. The maximum Gasteiger partial charge on any atom is 0.268 e. The van der Waals surface area contributed by atoms with Crippen LogP contribution in [0.25, 0.3) is 21.5 Å². The number of hydrogen-bond donors (Lipinski definition) is 3. The van der Waals surface area contributed by atoms with Crippen LogP contribution < -0.4 is 10.2 Å². The van der Waals surface area contributed by atoms with E-state index in [1.54, 1.807) is 50.0 Å². The lowest BCUT2D eigenvalue weighted by atomic mass is 10.1. The smallest absolute Gasteiger partial charge is 0.268 e. The van der Waals surface area contributed by atoms with Gasteiger partial charge in [0, 0.05) is 36.3 Å². The van der Waals surface area contributed by atoms with Crippen molar-refractivity contribution in [2.45, 2.75) is 32.9 Å². The largest absolute Gasteiger partial charge is 0.389 e. The molecule has 9 nitrogen and oxygen atoms in total. The highest BCUT2D eigenvalue weighted by atomic mass is 32.1.